The molecule has 0 radical (unpaired) electrons. The summed E-state index contributed by atoms with van der Waals surface area (Å²) in [6.07, 6.45) is 3.15. The Balaban J connectivity index is 1.96. The van der Waals surface area contributed by atoms with Gasteiger partial charge in [0.05, 0.1) is 28.0 Å². The summed E-state index contributed by atoms with van der Waals surface area (Å²) in [5, 5.41) is 3.53. The van der Waals surface area contributed by atoms with Gasteiger partial charge >= 0.3 is 6.18 Å². The second-order valence-corrected chi connectivity index (χ2v) is 6.74. The van der Waals surface area contributed by atoms with E-state index < -0.39 is 23.2 Å². The fourth-order valence-electron chi connectivity index (χ4n) is 3.03. The number of anilines is 1. The van der Waals surface area contributed by atoms with Crippen LogP contribution < -0.4 is 11.1 Å². The van der Waals surface area contributed by atoms with Gasteiger partial charge in [-0.05, 0) is 37.3 Å². The number of carbonyl (C=O) groups is 1. The summed E-state index contributed by atoms with van der Waals surface area (Å²) in [7, 11) is 0. The monoisotopic (exact) mass is 398 g/mol. The number of alkyl halides is 3. The quantitative estimate of drug-likeness (QED) is 0.653. The maximum atomic E-state index is 12.9. The molecule has 3 N–H and O–H groups in total. The SMILES string of the molecule is C#CCC(C)(NC(=O)c1ccc2ncccc2c1)c1ncc(C(F)(F)F)cc1N. The van der Waals surface area contributed by atoms with Crippen LogP contribution in [0.15, 0.2) is 48.8 Å². The molecule has 0 aliphatic rings. The number of amides is 1. The van der Waals surface area contributed by atoms with E-state index in [-0.39, 0.29) is 17.8 Å². The fourth-order valence-corrected chi connectivity index (χ4v) is 3.03. The van der Waals surface area contributed by atoms with Crippen LogP contribution in [0.2, 0.25) is 0 Å². The van der Waals surface area contributed by atoms with Crippen LogP contribution in [-0.4, -0.2) is 15.9 Å². The van der Waals surface area contributed by atoms with Crippen LogP contribution in [0.4, 0.5) is 18.9 Å². The minimum absolute atomic E-state index is 0.0174. The van der Waals surface area contributed by atoms with Gasteiger partial charge in [-0.3, -0.25) is 14.8 Å². The summed E-state index contributed by atoms with van der Waals surface area (Å²) >= 11 is 0. The molecule has 2 heterocycles. The molecule has 29 heavy (non-hydrogen) atoms. The maximum Gasteiger partial charge on any atom is 0.417 e. The van der Waals surface area contributed by atoms with Gasteiger partial charge in [-0.25, -0.2) is 0 Å². The van der Waals surface area contributed by atoms with Crippen LogP contribution >= 0.6 is 0 Å². The summed E-state index contributed by atoms with van der Waals surface area (Å²) < 4.78 is 38.7. The van der Waals surface area contributed by atoms with Crippen LogP contribution in [-0.2, 0) is 11.7 Å². The highest BCUT2D eigenvalue weighted by atomic mass is 19.4. The van der Waals surface area contributed by atoms with E-state index in [0.717, 1.165) is 17.0 Å². The molecule has 2 aromatic heterocycles. The van der Waals surface area contributed by atoms with Gasteiger partial charge in [0.1, 0.15) is 0 Å². The number of aromatic nitrogens is 2. The molecular formula is C21H17F3N4O. The molecule has 148 valence electrons. The Morgan fingerprint density at radius 3 is 2.66 bits per heavy atom. The van der Waals surface area contributed by atoms with Gasteiger partial charge in [0.15, 0.2) is 0 Å². The average molecular weight is 398 g/mol. The van der Waals surface area contributed by atoms with E-state index in [1.54, 1.807) is 37.4 Å². The first-order chi connectivity index (χ1) is 13.6. The number of carbonyl (C=O) groups excluding carboxylic acids is 1. The number of pyridine rings is 2. The lowest BCUT2D eigenvalue weighted by atomic mass is 9.91. The fraction of sp³-hybridized carbons (Fsp3) is 0.190. The number of nitrogens with zero attached hydrogens (tertiary/aromatic N) is 2. The summed E-state index contributed by atoms with van der Waals surface area (Å²) in [6, 6.07) is 9.31. The standard InChI is InChI=1S/C21H17F3N4O/c1-3-8-20(2,18-16(25)11-15(12-27-18)21(22,23)24)28-19(29)14-6-7-17-13(10-14)5-4-9-26-17/h1,4-7,9-12H,8,25H2,2H3,(H,28,29). The van der Waals surface area contributed by atoms with Crippen molar-refractivity contribution in [1.29, 1.82) is 0 Å². The Bertz CT molecular complexity index is 1120. The van der Waals surface area contributed by atoms with E-state index in [1.165, 1.54) is 0 Å². The first kappa shape index (κ1) is 20.1. The summed E-state index contributed by atoms with van der Waals surface area (Å²) in [5.41, 5.74) is 4.53. The summed E-state index contributed by atoms with van der Waals surface area (Å²) in [4.78, 5) is 20.9. The van der Waals surface area contributed by atoms with Crippen molar-refractivity contribution in [3.05, 3.63) is 65.6 Å². The van der Waals surface area contributed by atoms with E-state index in [9.17, 15) is 18.0 Å². The number of hydrogen-bond donors (Lipinski definition) is 2. The highest BCUT2D eigenvalue weighted by molar-refractivity contribution is 5.98. The molecule has 5 nitrogen and oxygen atoms in total. The normalized spacial score (nSPS) is 13.5. The lowest BCUT2D eigenvalue weighted by molar-refractivity contribution is -0.137. The maximum absolute atomic E-state index is 12.9. The minimum atomic E-state index is -4.58. The van der Waals surface area contributed by atoms with Gasteiger partial charge in [0, 0.05) is 29.8 Å². The zero-order chi connectivity index (χ0) is 21.2. The Morgan fingerprint density at radius 2 is 2.00 bits per heavy atom. The number of halogens is 3. The molecule has 1 atom stereocenters. The molecule has 0 bridgehead atoms. The Morgan fingerprint density at radius 1 is 1.24 bits per heavy atom. The number of terminal acetylenes is 1. The Kier molecular flexibility index (Phi) is 5.16. The van der Waals surface area contributed by atoms with Crippen molar-refractivity contribution < 1.29 is 18.0 Å². The summed E-state index contributed by atoms with van der Waals surface area (Å²) in [6.45, 7) is 1.57. The predicted molar refractivity (Wildman–Crippen MR) is 104 cm³/mol. The van der Waals surface area contributed by atoms with Crippen molar-refractivity contribution in [2.45, 2.75) is 25.1 Å². The van der Waals surface area contributed by atoms with Crippen LogP contribution in [0, 0.1) is 12.3 Å². The van der Waals surface area contributed by atoms with Crippen molar-refractivity contribution in [3.63, 3.8) is 0 Å². The third-order valence-corrected chi connectivity index (χ3v) is 4.48. The molecule has 3 aromatic rings. The van der Waals surface area contributed by atoms with Crippen molar-refractivity contribution in [2.75, 3.05) is 5.73 Å². The first-order valence-electron chi connectivity index (χ1n) is 8.58. The largest absolute Gasteiger partial charge is 0.417 e. The first-order valence-corrected chi connectivity index (χ1v) is 8.58. The van der Waals surface area contributed by atoms with Gasteiger partial charge in [0.25, 0.3) is 5.91 Å². The van der Waals surface area contributed by atoms with Crippen molar-refractivity contribution in [3.8, 4) is 12.3 Å². The third kappa shape index (κ3) is 4.14. The molecule has 1 amide bonds. The van der Waals surface area contributed by atoms with Crippen molar-refractivity contribution >= 4 is 22.5 Å². The van der Waals surface area contributed by atoms with E-state index in [1.807, 2.05) is 6.07 Å². The van der Waals surface area contributed by atoms with Gasteiger partial charge in [-0.1, -0.05) is 6.07 Å². The molecule has 0 spiro atoms. The van der Waals surface area contributed by atoms with E-state index in [4.69, 9.17) is 12.2 Å². The number of fused-ring (bicyclic) bond motifs is 1. The Hall–Kier alpha value is -3.60. The average Bonchev–Trinajstić information content (AvgIpc) is 2.66. The van der Waals surface area contributed by atoms with Crippen molar-refractivity contribution in [2.24, 2.45) is 0 Å². The zero-order valence-corrected chi connectivity index (χ0v) is 15.4. The minimum Gasteiger partial charge on any atom is -0.397 e. The second-order valence-electron chi connectivity index (χ2n) is 6.74. The topological polar surface area (TPSA) is 80.9 Å². The smallest absolute Gasteiger partial charge is 0.397 e. The molecule has 0 saturated carbocycles. The predicted octanol–water partition coefficient (Wildman–Crippen LogP) is 3.90. The zero-order valence-electron chi connectivity index (χ0n) is 15.4. The molecule has 8 heteroatoms. The van der Waals surface area contributed by atoms with Crippen LogP contribution in [0.1, 0.15) is 35.0 Å². The molecule has 1 unspecified atom stereocenters. The molecule has 0 saturated heterocycles. The Labute approximate surface area is 165 Å². The van der Waals surface area contributed by atoms with E-state index >= 15 is 0 Å². The van der Waals surface area contributed by atoms with Crippen LogP contribution in [0.25, 0.3) is 10.9 Å². The molecule has 1 aromatic carbocycles. The number of nitrogen functional groups attached to an aromatic ring is 1. The lowest BCUT2D eigenvalue weighted by Gasteiger charge is -2.30. The van der Waals surface area contributed by atoms with Gasteiger partial charge in [0.2, 0.25) is 0 Å². The molecule has 0 aliphatic carbocycles. The highest BCUT2D eigenvalue weighted by Gasteiger charge is 2.36. The molecule has 3 rings (SSSR count). The molecule has 0 fully saturated rings. The second kappa shape index (κ2) is 7.43. The van der Waals surface area contributed by atoms with E-state index in [0.29, 0.717) is 11.8 Å². The van der Waals surface area contributed by atoms with Gasteiger partial charge < -0.3 is 11.1 Å². The van der Waals surface area contributed by atoms with Gasteiger partial charge in [-0.2, -0.15) is 13.2 Å². The number of benzene rings is 1. The van der Waals surface area contributed by atoms with Gasteiger partial charge in [-0.15, -0.1) is 12.3 Å². The molecule has 0 aliphatic heterocycles. The number of nitrogens with two attached hydrogens (primary N) is 1. The highest BCUT2D eigenvalue weighted by Crippen LogP contribution is 2.34. The summed E-state index contributed by atoms with van der Waals surface area (Å²) in [5.74, 6) is 1.96. The lowest BCUT2D eigenvalue weighted by Crippen LogP contribution is -2.44. The number of hydrogen-bond acceptors (Lipinski definition) is 4. The van der Waals surface area contributed by atoms with Crippen molar-refractivity contribution in [1.82, 2.24) is 15.3 Å². The third-order valence-electron chi connectivity index (χ3n) is 4.48. The van der Waals surface area contributed by atoms with E-state index in [2.05, 4.69) is 21.2 Å². The molecular weight excluding hydrogens is 381 g/mol. The van der Waals surface area contributed by atoms with Crippen LogP contribution in [0.3, 0.4) is 0 Å². The number of nitrogens with one attached hydrogen (secondary N) is 1. The number of rotatable bonds is 4. The van der Waals surface area contributed by atoms with Crippen LogP contribution in [0.5, 0.6) is 0 Å².